The van der Waals surface area contributed by atoms with Gasteiger partial charge in [0.2, 0.25) is 0 Å². The van der Waals surface area contributed by atoms with Crippen LogP contribution in [-0.4, -0.2) is 33.4 Å². The Morgan fingerprint density at radius 1 is 1.15 bits per heavy atom. The topological polar surface area (TPSA) is 72.9 Å². The molecule has 4 rings (SSSR count). The number of ether oxygens (including phenoxy) is 2. The second-order valence-corrected chi connectivity index (χ2v) is 5.09. The van der Waals surface area contributed by atoms with E-state index < -0.39 is 0 Å². The van der Waals surface area contributed by atoms with Crippen LogP contribution >= 0.6 is 11.3 Å². The van der Waals surface area contributed by atoms with Crippen LogP contribution < -0.4 is 9.47 Å². The van der Waals surface area contributed by atoms with Crippen molar-refractivity contribution < 1.29 is 9.47 Å². The molecular formula is C13H10N4O2S. The second-order valence-electron chi connectivity index (χ2n) is 4.23. The van der Waals surface area contributed by atoms with Crippen LogP contribution in [-0.2, 0) is 0 Å². The van der Waals surface area contributed by atoms with Crippen molar-refractivity contribution in [1.82, 2.24) is 20.2 Å². The van der Waals surface area contributed by atoms with Gasteiger partial charge in [0.15, 0.2) is 22.3 Å². The summed E-state index contributed by atoms with van der Waals surface area (Å²) in [5.41, 5.74) is 1.88. The zero-order valence-electron chi connectivity index (χ0n) is 10.4. The molecule has 100 valence electrons. The number of benzene rings is 1. The molecular weight excluding hydrogens is 276 g/mol. The highest BCUT2D eigenvalue weighted by Gasteiger charge is 2.14. The van der Waals surface area contributed by atoms with Crippen LogP contribution in [0.2, 0.25) is 0 Å². The lowest BCUT2D eigenvalue weighted by Crippen LogP contribution is -2.15. The van der Waals surface area contributed by atoms with Crippen LogP contribution in [0.15, 0.2) is 29.9 Å². The van der Waals surface area contributed by atoms with E-state index >= 15 is 0 Å². The number of H-pyrrole nitrogens is 1. The molecule has 2 aromatic heterocycles. The summed E-state index contributed by atoms with van der Waals surface area (Å²) in [6.45, 7) is 1.18. The normalized spacial score (nSPS) is 13.4. The Morgan fingerprint density at radius 3 is 2.90 bits per heavy atom. The van der Waals surface area contributed by atoms with E-state index in [-0.39, 0.29) is 0 Å². The molecule has 1 aliphatic rings. The maximum absolute atomic E-state index is 5.59. The van der Waals surface area contributed by atoms with Crippen molar-refractivity contribution in [2.45, 2.75) is 0 Å². The molecule has 20 heavy (non-hydrogen) atoms. The van der Waals surface area contributed by atoms with E-state index in [2.05, 4.69) is 20.2 Å². The molecule has 0 atom stereocenters. The van der Waals surface area contributed by atoms with E-state index in [4.69, 9.17) is 9.47 Å². The largest absolute Gasteiger partial charge is 0.486 e. The first-order valence-corrected chi connectivity index (χ1v) is 6.99. The molecule has 3 heterocycles. The average molecular weight is 286 g/mol. The molecule has 0 saturated carbocycles. The van der Waals surface area contributed by atoms with Crippen LogP contribution in [0.4, 0.5) is 0 Å². The van der Waals surface area contributed by atoms with Crippen LogP contribution in [0.3, 0.4) is 0 Å². The van der Waals surface area contributed by atoms with Crippen molar-refractivity contribution in [3.8, 4) is 33.6 Å². The molecule has 0 aliphatic carbocycles. The van der Waals surface area contributed by atoms with Gasteiger partial charge in [0.25, 0.3) is 0 Å². The minimum atomic E-state index is 0.580. The standard InChI is InChI=1S/C13H10N4O2S/c1-2-10-11(19-4-3-18-10)5-8(1)9-6-20-13(16-9)12-14-7-15-17-12/h1-2,5-7H,3-4H2,(H,14,15,17). The van der Waals surface area contributed by atoms with Gasteiger partial charge in [-0.15, -0.1) is 11.3 Å². The Kier molecular flexibility index (Phi) is 2.63. The van der Waals surface area contributed by atoms with E-state index in [1.807, 2.05) is 23.6 Å². The minimum Gasteiger partial charge on any atom is -0.486 e. The summed E-state index contributed by atoms with van der Waals surface area (Å²) in [6, 6.07) is 5.84. The van der Waals surface area contributed by atoms with Gasteiger partial charge >= 0.3 is 0 Å². The second kappa shape index (κ2) is 4.61. The molecule has 0 spiro atoms. The average Bonchev–Trinajstić information content (AvgIpc) is 3.17. The van der Waals surface area contributed by atoms with E-state index in [9.17, 15) is 0 Å². The van der Waals surface area contributed by atoms with Crippen molar-refractivity contribution in [2.24, 2.45) is 0 Å². The number of nitrogens with one attached hydrogen (secondary N) is 1. The van der Waals surface area contributed by atoms with Gasteiger partial charge in [0.1, 0.15) is 19.5 Å². The minimum absolute atomic E-state index is 0.580. The highest BCUT2D eigenvalue weighted by Crippen LogP contribution is 2.35. The van der Waals surface area contributed by atoms with Gasteiger partial charge in [0.05, 0.1) is 5.69 Å². The van der Waals surface area contributed by atoms with E-state index in [1.54, 1.807) is 0 Å². The van der Waals surface area contributed by atoms with Crippen molar-refractivity contribution in [1.29, 1.82) is 0 Å². The number of aromatic nitrogens is 4. The highest BCUT2D eigenvalue weighted by atomic mass is 32.1. The highest BCUT2D eigenvalue weighted by molar-refractivity contribution is 7.13. The van der Waals surface area contributed by atoms with Crippen LogP contribution in [0.5, 0.6) is 11.5 Å². The summed E-state index contributed by atoms with van der Waals surface area (Å²) in [5, 5.41) is 9.44. The number of fused-ring (bicyclic) bond motifs is 1. The number of thiazole rings is 1. The number of hydrogen-bond acceptors (Lipinski definition) is 6. The van der Waals surface area contributed by atoms with E-state index in [0.717, 1.165) is 27.8 Å². The Bertz CT molecular complexity index is 739. The predicted molar refractivity (Wildman–Crippen MR) is 73.9 cm³/mol. The summed E-state index contributed by atoms with van der Waals surface area (Å²) >= 11 is 1.52. The van der Waals surface area contributed by atoms with Crippen LogP contribution in [0.1, 0.15) is 0 Å². The van der Waals surface area contributed by atoms with Crippen molar-refractivity contribution >= 4 is 11.3 Å². The SMILES string of the molecule is c1n[nH]c(-c2nc(-c3ccc4c(c3)OCCO4)cs2)n1. The summed E-state index contributed by atoms with van der Waals surface area (Å²) in [6.07, 6.45) is 1.47. The summed E-state index contributed by atoms with van der Waals surface area (Å²) in [5.74, 6) is 2.23. The smallest absolute Gasteiger partial charge is 0.184 e. The third-order valence-electron chi connectivity index (χ3n) is 2.96. The van der Waals surface area contributed by atoms with Gasteiger partial charge in [0, 0.05) is 10.9 Å². The van der Waals surface area contributed by atoms with Gasteiger partial charge in [-0.2, -0.15) is 5.10 Å². The van der Waals surface area contributed by atoms with Crippen molar-refractivity contribution in [2.75, 3.05) is 13.2 Å². The fourth-order valence-electron chi connectivity index (χ4n) is 2.03. The molecule has 1 N–H and O–H groups in total. The maximum atomic E-state index is 5.59. The van der Waals surface area contributed by atoms with Gasteiger partial charge in [-0.25, -0.2) is 9.97 Å². The molecule has 1 aliphatic heterocycles. The van der Waals surface area contributed by atoms with Crippen molar-refractivity contribution in [3.05, 3.63) is 29.9 Å². The lowest BCUT2D eigenvalue weighted by Gasteiger charge is -2.18. The molecule has 1 aromatic carbocycles. The summed E-state index contributed by atoms with van der Waals surface area (Å²) in [4.78, 5) is 8.66. The number of nitrogens with zero attached hydrogens (tertiary/aromatic N) is 3. The molecule has 0 unspecified atom stereocenters. The lowest BCUT2D eigenvalue weighted by atomic mass is 10.1. The van der Waals surface area contributed by atoms with Crippen molar-refractivity contribution in [3.63, 3.8) is 0 Å². The fourth-order valence-corrected chi connectivity index (χ4v) is 2.80. The summed E-state index contributed by atoms with van der Waals surface area (Å²) in [7, 11) is 0. The molecule has 7 heteroatoms. The monoisotopic (exact) mass is 286 g/mol. The Hall–Kier alpha value is -2.41. The predicted octanol–water partition coefficient (Wildman–Crippen LogP) is 2.37. The molecule has 3 aromatic rings. The van der Waals surface area contributed by atoms with Gasteiger partial charge in [-0.05, 0) is 18.2 Å². The first-order valence-electron chi connectivity index (χ1n) is 6.11. The number of hydrogen-bond donors (Lipinski definition) is 1. The zero-order chi connectivity index (χ0) is 13.4. The Balaban J connectivity index is 1.71. The Labute approximate surface area is 118 Å². The molecule has 0 amide bonds. The maximum Gasteiger partial charge on any atom is 0.184 e. The molecule has 0 radical (unpaired) electrons. The quantitative estimate of drug-likeness (QED) is 0.783. The molecule has 0 bridgehead atoms. The zero-order valence-corrected chi connectivity index (χ0v) is 11.2. The Morgan fingerprint density at radius 2 is 2.05 bits per heavy atom. The summed E-state index contributed by atoms with van der Waals surface area (Å²) < 4.78 is 11.1. The fraction of sp³-hybridized carbons (Fsp3) is 0.154. The van der Waals surface area contributed by atoms with Gasteiger partial charge < -0.3 is 9.47 Å². The van der Waals surface area contributed by atoms with E-state index in [1.165, 1.54) is 17.7 Å². The third-order valence-corrected chi connectivity index (χ3v) is 3.81. The van der Waals surface area contributed by atoms with Crippen LogP contribution in [0, 0.1) is 0 Å². The molecule has 0 fully saturated rings. The number of rotatable bonds is 2. The number of aromatic amines is 1. The molecule has 0 saturated heterocycles. The first-order chi connectivity index (χ1) is 9.90. The van der Waals surface area contributed by atoms with E-state index in [0.29, 0.717) is 19.0 Å². The first kappa shape index (κ1) is 11.4. The van der Waals surface area contributed by atoms with Gasteiger partial charge in [-0.1, -0.05) is 0 Å². The lowest BCUT2D eigenvalue weighted by molar-refractivity contribution is 0.171. The molecule has 6 nitrogen and oxygen atoms in total. The van der Waals surface area contributed by atoms with Gasteiger partial charge in [-0.3, -0.25) is 5.10 Å². The third kappa shape index (κ3) is 1.92. The van der Waals surface area contributed by atoms with Crippen LogP contribution in [0.25, 0.3) is 22.1 Å².